The second-order valence-electron chi connectivity index (χ2n) is 3.57. The van der Waals surface area contributed by atoms with E-state index in [1.807, 2.05) is 0 Å². The summed E-state index contributed by atoms with van der Waals surface area (Å²) >= 11 is 0. The average Bonchev–Trinajstić information content (AvgIpc) is 2.29. The summed E-state index contributed by atoms with van der Waals surface area (Å²) in [5.41, 5.74) is -0.431. The highest BCUT2D eigenvalue weighted by molar-refractivity contribution is 5.74. The lowest BCUT2D eigenvalue weighted by atomic mass is 10.3. The van der Waals surface area contributed by atoms with Crippen molar-refractivity contribution in [1.29, 1.82) is 0 Å². The van der Waals surface area contributed by atoms with Crippen LogP contribution in [0.5, 0.6) is 0 Å². The zero-order valence-corrected chi connectivity index (χ0v) is 8.84. The number of rotatable bonds is 3. The van der Waals surface area contributed by atoms with Crippen molar-refractivity contribution in [3.8, 4) is 0 Å². The summed E-state index contributed by atoms with van der Waals surface area (Å²) in [6.07, 6.45) is -0.201. The Labute approximate surface area is 95.1 Å². The van der Waals surface area contributed by atoms with Gasteiger partial charge >= 0.3 is 17.1 Å². The van der Waals surface area contributed by atoms with E-state index in [0.29, 0.717) is 11.0 Å². The summed E-state index contributed by atoms with van der Waals surface area (Å²) in [5, 5.41) is 8.61. The normalized spacial score (nSPS) is 10.6. The Morgan fingerprint density at radius 1 is 1.29 bits per heavy atom. The molecule has 17 heavy (non-hydrogen) atoms. The van der Waals surface area contributed by atoms with Gasteiger partial charge in [0.2, 0.25) is 0 Å². The lowest BCUT2D eigenvalue weighted by Gasteiger charge is -2.07. The van der Waals surface area contributed by atoms with Gasteiger partial charge in [-0.2, -0.15) is 0 Å². The van der Waals surface area contributed by atoms with Gasteiger partial charge in [0.25, 0.3) is 0 Å². The molecule has 2 rings (SSSR count). The Balaban J connectivity index is 2.66. The van der Waals surface area contributed by atoms with Crippen LogP contribution in [0.15, 0.2) is 33.9 Å². The Morgan fingerprint density at radius 3 is 2.71 bits per heavy atom. The van der Waals surface area contributed by atoms with Crippen molar-refractivity contribution in [2.45, 2.75) is 13.0 Å². The summed E-state index contributed by atoms with van der Waals surface area (Å²) in [4.78, 5) is 35.9. The minimum absolute atomic E-state index is 0.0153. The molecule has 0 aliphatic rings. The molecule has 1 aromatic heterocycles. The molecule has 0 saturated heterocycles. The van der Waals surface area contributed by atoms with Crippen LogP contribution in [0.2, 0.25) is 0 Å². The largest absolute Gasteiger partial charge is 0.481 e. The van der Waals surface area contributed by atoms with Crippen molar-refractivity contribution in [2.75, 3.05) is 0 Å². The topological polar surface area (TPSA) is 92.2 Å². The molecule has 0 aliphatic carbocycles. The number of benzene rings is 1. The Kier molecular flexibility index (Phi) is 2.78. The second kappa shape index (κ2) is 4.25. The van der Waals surface area contributed by atoms with Crippen molar-refractivity contribution in [3.05, 3.63) is 45.0 Å². The van der Waals surface area contributed by atoms with Crippen LogP contribution in [0.25, 0.3) is 11.0 Å². The van der Waals surface area contributed by atoms with Crippen molar-refractivity contribution in [1.82, 2.24) is 9.55 Å². The minimum Gasteiger partial charge on any atom is -0.481 e. The zero-order valence-electron chi connectivity index (χ0n) is 8.84. The number of carbonyl (C=O) groups is 1. The van der Waals surface area contributed by atoms with Gasteiger partial charge in [0.15, 0.2) is 0 Å². The van der Waals surface area contributed by atoms with Crippen molar-refractivity contribution in [2.24, 2.45) is 0 Å². The van der Waals surface area contributed by atoms with Gasteiger partial charge in [-0.25, -0.2) is 0 Å². The number of aromatic nitrogens is 2. The number of carboxylic acids is 1. The number of aryl methyl sites for hydroxylation is 1. The summed E-state index contributed by atoms with van der Waals surface area (Å²) in [5.74, 6) is -1.01. The van der Waals surface area contributed by atoms with E-state index in [9.17, 15) is 14.4 Å². The monoisotopic (exact) mass is 234 g/mol. The van der Waals surface area contributed by atoms with E-state index < -0.39 is 17.1 Å². The summed E-state index contributed by atoms with van der Waals surface area (Å²) < 4.78 is 1.18. The fraction of sp³-hybridized carbons (Fsp3) is 0.182. The quantitative estimate of drug-likeness (QED) is 0.740. The van der Waals surface area contributed by atoms with E-state index in [4.69, 9.17) is 5.11 Å². The maximum Gasteiger partial charge on any atom is 0.316 e. The Bertz CT molecular complexity index is 684. The van der Waals surface area contributed by atoms with Crippen LogP contribution in [0.3, 0.4) is 0 Å². The molecule has 6 nitrogen and oxygen atoms in total. The van der Waals surface area contributed by atoms with Gasteiger partial charge in [-0.1, -0.05) is 12.1 Å². The molecule has 2 N–H and O–H groups in total. The third-order valence-corrected chi connectivity index (χ3v) is 2.43. The van der Waals surface area contributed by atoms with E-state index in [2.05, 4.69) is 4.98 Å². The Morgan fingerprint density at radius 2 is 2.00 bits per heavy atom. The first kappa shape index (κ1) is 11.1. The van der Waals surface area contributed by atoms with Crippen LogP contribution in [0.4, 0.5) is 0 Å². The molecule has 0 bridgehead atoms. The van der Waals surface area contributed by atoms with Crippen molar-refractivity contribution >= 4 is 17.0 Å². The van der Waals surface area contributed by atoms with Gasteiger partial charge in [-0.3, -0.25) is 14.4 Å². The Hall–Kier alpha value is -2.37. The molecule has 0 aliphatic heterocycles. The first-order chi connectivity index (χ1) is 8.09. The van der Waals surface area contributed by atoms with Crippen LogP contribution in [-0.4, -0.2) is 20.6 Å². The van der Waals surface area contributed by atoms with E-state index in [1.165, 1.54) is 4.57 Å². The van der Waals surface area contributed by atoms with E-state index >= 15 is 0 Å². The van der Waals surface area contributed by atoms with E-state index in [-0.39, 0.29) is 13.0 Å². The van der Waals surface area contributed by atoms with Crippen LogP contribution in [0.1, 0.15) is 6.42 Å². The molecule has 6 heteroatoms. The number of hydrogen-bond acceptors (Lipinski definition) is 3. The average molecular weight is 234 g/mol. The molecule has 88 valence electrons. The van der Waals surface area contributed by atoms with Gasteiger partial charge in [0.05, 0.1) is 17.5 Å². The predicted molar refractivity (Wildman–Crippen MR) is 61.1 cm³/mol. The van der Waals surface area contributed by atoms with Gasteiger partial charge in [-0.05, 0) is 12.1 Å². The summed E-state index contributed by atoms with van der Waals surface area (Å²) in [6, 6.07) is 6.77. The summed E-state index contributed by atoms with van der Waals surface area (Å²) in [6.45, 7) is -0.0153. The molecule has 1 aromatic carbocycles. The molecule has 1 heterocycles. The summed E-state index contributed by atoms with van der Waals surface area (Å²) in [7, 11) is 0. The van der Waals surface area contributed by atoms with Gasteiger partial charge in [0, 0.05) is 6.54 Å². The highest BCUT2D eigenvalue weighted by Crippen LogP contribution is 2.07. The van der Waals surface area contributed by atoms with Crippen LogP contribution in [0, 0.1) is 0 Å². The lowest BCUT2D eigenvalue weighted by molar-refractivity contribution is -0.137. The first-order valence-electron chi connectivity index (χ1n) is 5.03. The molecular weight excluding hydrogens is 224 g/mol. The number of fused-ring (bicyclic) bond motifs is 1. The number of nitrogens with one attached hydrogen (secondary N) is 1. The van der Waals surface area contributed by atoms with E-state index in [1.54, 1.807) is 24.3 Å². The number of aliphatic carboxylic acids is 1. The fourth-order valence-electron chi connectivity index (χ4n) is 1.65. The maximum atomic E-state index is 11.6. The zero-order chi connectivity index (χ0) is 12.4. The van der Waals surface area contributed by atoms with Crippen molar-refractivity contribution < 1.29 is 9.90 Å². The third kappa shape index (κ3) is 2.10. The highest BCUT2D eigenvalue weighted by Gasteiger charge is 2.08. The number of aromatic amines is 1. The molecule has 0 amide bonds. The lowest BCUT2D eigenvalue weighted by Crippen LogP contribution is -2.36. The van der Waals surface area contributed by atoms with Crippen molar-refractivity contribution in [3.63, 3.8) is 0 Å². The van der Waals surface area contributed by atoms with E-state index in [0.717, 1.165) is 0 Å². The van der Waals surface area contributed by atoms with Gasteiger partial charge in [0.1, 0.15) is 0 Å². The number of H-pyrrole nitrogens is 1. The molecule has 0 saturated carbocycles. The van der Waals surface area contributed by atoms with Crippen LogP contribution >= 0.6 is 0 Å². The standard InChI is InChI=1S/C11H10N2O4/c14-9(15)5-6-13-8-4-2-1-3-7(8)12-10(16)11(13)17/h1-4H,5-6H2,(H,12,16)(H,14,15). The molecule has 0 unspecified atom stereocenters. The number of carboxylic acid groups (broad SMARTS) is 1. The minimum atomic E-state index is -1.01. The molecular formula is C11H10N2O4. The molecule has 0 fully saturated rings. The molecule has 2 aromatic rings. The number of nitrogens with zero attached hydrogens (tertiary/aromatic N) is 1. The molecule has 0 radical (unpaired) electrons. The smallest absolute Gasteiger partial charge is 0.316 e. The second-order valence-corrected chi connectivity index (χ2v) is 3.57. The SMILES string of the molecule is O=C(O)CCn1c(=O)c(=O)[nH]c2ccccc21. The first-order valence-corrected chi connectivity index (χ1v) is 5.03. The fourth-order valence-corrected chi connectivity index (χ4v) is 1.65. The number of para-hydroxylation sites is 2. The van der Waals surface area contributed by atoms with Crippen LogP contribution < -0.4 is 11.1 Å². The molecule has 0 atom stereocenters. The predicted octanol–water partition coefficient (Wildman–Crippen LogP) is 0.164. The van der Waals surface area contributed by atoms with Gasteiger partial charge in [-0.15, -0.1) is 0 Å². The maximum absolute atomic E-state index is 11.6. The number of hydrogen-bond donors (Lipinski definition) is 2. The van der Waals surface area contributed by atoms with Gasteiger partial charge < -0.3 is 14.7 Å². The highest BCUT2D eigenvalue weighted by atomic mass is 16.4. The third-order valence-electron chi connectivity index (χ3n) is 2.43. The molecule has 0 spiro atoms. The van der Waals surface area contributed by atoms with Crippen LogP contribution in [-0.2, 0) is 11.3 Å².